The largest absolute Gasteiger partial charge is 0.0622 e. The van der Waals surface area contributed by atoms with Gasteiger partial charge in [-0.1, -0.05) is 194 Å². The highest BCUT2D eigenvalue weighted by atomic mass is 14.2. The van der Waals surface area contributed by atoms with Gasteiger partial charge in [0, 0.05) is 0 Å². The fraction of sp³-hybridized carbons (Fsp3) is 0. The molecule has 0 fully saturated rings. The summed E-state index contributed by atoms with van der Waals surface area (Å²) in [6, 6.07) is 75.4. The van der Waals surface area contributed by atoms with Gasteiger partial charge >= 0.3 is 0 Å². The number of rotatable bonds is 6. The topological polar surface area (TPSA) is 0 Å². The third-order valence-electron chi connectivity index (χ3n) is 10.7. The maximum absolute atomic E-state index is 2.31. The Kier molecular flexibility index (Phi) is 7.25. The maximum Gasteiger partial charge on any atom is -0.00203 e. The van der Waals surface area contributed by atoms with Crippen molar-refractivity contribution in [2.75, 3.05) is 0 Å². The number of hydrogen-bond donors (Lipinski definition) is 0. The lowest BCUT2D eigenvalue weighted by atomic mass is 9.87. The fourth-order valence-corrected chi connectivity index (χ4v) is 8.01. The molecular weight excluding hydrogens is 625 g/mol. The van der Waals surface area contributed by atoms with Gasteiger partial charge < -0.3 is 0 Å². The molecule has 0 spiro atoms. The van der Waals surface area contributed by atoms with Crippen molar-refractivity contribution >= 4 is 32.3 Å². The molecule has 0 heterocycles. The molecule has 10 rings (SSSR count). The Balaban J connectivity index is 1.01. The molecule has 0 nitrogen and oxygen atoms in total. The van der Waals surface area contributed by atoms with E-state index in [1.807, 2.05) is 0 Å². The molecule has 0 aliphatic rings. The van der Waals surface area contributed by atoms with Crippen molar-refractivity contribution in [3.63, 3.8) is 0 Å². The van der Waals surface area contributed by atoms with Gasteiger partial charge in [0.05, 0.1) is 0 Å². The average Bonchev–Trinajstić information content (AvgIpc) is 3.23. The van der Waals surface area contributed by atoms with Crippen LogP contribution < -0.4 is 0 Å². The van der Waals surface area contributed by atoms with Crippen LogP contribution in [0.5, 0.6) is 0 Å². The summed E-state index contributed by atoms with van der Waals surface area (Å²) in [6.45, 7) is 0. The second-order valence-corrected chi connectivity index (χ2v) is 13.7. The van der Waals surface area contributed by atoms with Gasteiger partial charge in [0.25, 0.3) is 0 Å². The summed E-state index contributed by atoms with van der Waals surface area (Å²) >= 11 is 0. The van der Waals surface area contributed by atoms with Gasteiger partial charge in [-0.3, -0.25) is 0 Å². The van der Waals surface area contributed by atoms with E-state index in [1.54, 1.807) is 0 Å². The predicted octanol–water partition coefficient (Wildman–Crippen LogP) is 14.6. The van der Waals surface area contributed by atoms with Crippen LogP contribution in [0.4, 0.5) is 0 Å². The Morgan fingerprint density at radius 2 is 0.500 bits per heavy atom. The highest BCUT2D eigenvalue weighted by Gasteiger charge is 2.15. The molecular formula is C52H34. The molecule has 0 unspecified atom stereocenters. The number of benzene rings is 10. The minimum atomic E-state index is 1.22. The molecule has 0 radical (unpaired) electrons. The van der Waals surface area contributed by atoms with Gasteiger partial charge in [0.2, 0.25) is 0 Å². The van der Waals surface area contributed by atoms with Crippen LogP contribution in [0.15, 0.2) is 206 Å². The first-order chi connectivity index (χ1) is 25.8. The van der Waals surface area contributed by atoms with Gasteiger partial charge in [0.1, 0.15) is 0 Å². The van der Waals surface area contributed by atoms with Crippen molar-refractivity contribution in [2.24, 2.45) is 0 Å². The van der Waals surface area contributed by atoms with Crippen molar-refractivity contribution in [1.29, 1.82) is 0 Å². The minimum Gasteiger partial charge on any atom is -0.0622 e. The molecule has 0 aliphatic carbocycles. The van der Waals surface area contributed by atoms with E-state index in [9.17, 15) is 0 Å². The lowest BCUT2D eigenvalue weighted by Gasteiger charge is -2.17. The molecule has 10 aromatic carbocycles. The van der Waals surface area contributed by atoms with Crippen LogP contribution in [-0.4, -0.2) is 0 Å². The minimum absolute atomic E-state index is 1.22. The van der Waals surface area contributed by atoms with Gasteiger partial charge in [-0.25, -0.2) is 0 Å². The van der Waals surface area contributed by atoms with E-state index >= 15 is 0 Å². The lowest BCUT2D eigenvalue weighted by Crippen LogP contribution is -1.90. The summed E-state index contributed by atoms with van der Waals surface area (Å²) in [6.07, 6.45) is 0. The summed E-state index contributed by atoms with van der Waals surface area (Å²) in [7, 11) is 0. The van der Waals surface area contributed by atoms with Gasteiger partial charge in [-0.2, -0.15) is 0 Å². The SMILES string of the molecule is c1ccc(-c2cccc(-c3ccc(-c4ccc5ccc6c(-c7ccc(-c8cccc(-c9ccccc9)c8)cc7)ccc7ccc4c5c76)cc3)c2)cc1. The van der Waals surface area contributed by atoms with E-state index in [0.29, 0.717) is 0 Å². The molecule has 52 heavy (non-hydrogen) atoms. The third kappa shape index (κ3) is 5.25. The zero-order valence-corrected chi connectivity index (χ0v) is 28.6. The Morgan fingerprint density at radius 3 is 0.885 bits per heavy atom. The van der Waals surface area contributed by atoms with Crippen molar-refractivity contribution in [3.05, 3.63) is 206 Å². The van der Waals surface area contributed by atoms with Crippen molar-refractivity contribution < 1.29 is 0 Å². The molecule has 0 saturated carbocycles. The highest BCUT2D eigenvalue weighted by molar-refractivity contribution is 6.27. The summed E-state index contributed by atoms with van der Waals surface area (Å²) in [5.74, 6) is 0. The standard InChI is InChI=1S/C52H34/c1-3-9-35(10-4-1)43-13-7-15-45(33-43)37-17-21-39(22-18-37)47-29-25-41-28-32-50-48(30-26-42-27-31-49(47)51(41)52(42)50)40-23-19-38(20-24-40)46-16-8-14-44(34-46)36-11-5-2-6-12-36/h1-34H. The zero-order chi connectivity index (χ0) is 34.4. The monoisotopic (exact) mass is 658 g/mol. The van der Waals surface area contributed by atoms with E-state index in [-0.39, 0.29) is 0 Å². The smallest absolute Gasteiger partial charge is 0.00203 e. The average molecular weight is 659 g/mol. The van der Waals surface area contributed by atoms with Crippen LogP contribution in [0, 0.1) is 0 Å². The molecule has 0 amide bonds. The van der Waals surface area contributed by atoms with E-state index in [2.05, 4.69) is 206 Å². The molecule has 242 valence electrons. The van der Waals surface area contributed by atoms with Crippen LogP contribution >= 0.6 is 0 Å². The van der Waals surface area contributed by atoms with Crippen LogP contribution in [0.25, 0.3) is 99.1 Å². The molecule has 0 saturated heterocycles. The second kappa shape index (κ2) is 12.5. The molecule has 0 bridgehead atoms. The predicted molar refractivity (Wildman–Crippen MR) is 223 cm³/mol. The summed E-state index contributed by atoms with van der Waals surface area (Å²) < 4.78 is 0. The second-order valence-electron chi connectivity index (χ2n) is 13.7. The first-order valence-electron chi connectivity index (χ1n) is 18.0. The van der Waals surface area contributed by atoms with Crippen LogP contribution in [0.1, 0.15) is 0 Å². The molecule has 0 aliphatic heterocycles. The third-order valence-corrected chi connectivity index (χ3v) is 10.7. The summed E-state index contributed by atoms with van der Waals surface area (Å²) in [4.78, 5) is 0. The van der Waals surface area contributed by atoms with Crippen LogP contribution in [-0.2, 0) is 0 Å². The zero-order valence-electron chi connectivity index (χ0n) is 28.6. The summed E-state index contributed by atoms with van der Waals surface area (Å²) in [5.41, 5.74) is 14.8. The maximum atomic E-state index is 2.31. The van der Waals surface area contributed by atoms with E-state index in [1.165, 1.54) is 99.1 Å². The molecule has 0 N–H and O–H groups in total. The van der Waals surface area contributed by atoms with E-state index < -0.39 is 0 Å². The molecule has 10 aromatic rings. The van der Waals surface area contributed by atoms with Gasteiger partial charge in [0.15, 0.2) is 0 Å². The molecule has 0 atom stereocenters. The van der Waals surface area contributed by atoms with E-state index in [4.69, 9.17) is 0 Å². The normalized spacial score (nSPS) is 11.5. The lowest BCUT2D eigenvalue weighted by molar-refractivity contribution is 1.58. The fourth-order valence-electron chi connectivity index (χ4n) is 8.01. The van der Waals surface area contributed by atoms with Crippen molar-refractivity contribution in [1.82, 2.24) is 0 Å². The number of hydrogen-bond acceptors (Lipinski definition) is 0. The Bertz CT molecular complexity index is 2650. The first-order valence-corrected chi connectivity index (χ1v) is 18.0. The van der Waals surface area contributed by atoms with Crippen LogP contribution in [0.2, 0.25) is 0 Å². The molecule has 0 aromatic heterocycles. The van der Waals surface area contributed by atoms with Gasteiger partial charge in [-0.15, -0.1) is 0 Å². The highest BCUT2D eigenvalue weighted by Crippen LogP contribution is 2.43. The molecule has 0 heteroatoms. The first kappa shape index (κ1) is 30.1. The van der Waals surface area contributed by atoms with Crippen LogP contribution in [0.3, 0.4) is 0 Å². The Hall–Kier alpha value is -6.76. The Labute approximate surface area is 304 Å². The van der Waals surface area contributed by atoms with E-state index in [0.717, 1.165) is 0 Å². The summed E-state index contributed by atoms with van der Waals surface area (Å²) in [5, 5.41) is 7.81. The quantitative estimate of drug-likeness (QED) is 0.156. The van der Waals surface area contributed by atoms with Crippen molar-refractivity contribution in [2.45, 2.75) is 0 Å². The van der Waals surface area contributed by atoms with Gasteiger partial charge in [-0.05, 0) is 111 Å². The Morgan fingerprint density at radius 1 is 0.192 bits per heavy atom. The van der Waals surface area contributed by atoms with Crippen molar-refractivity contribution in [3.8, 4) is 66.8 Å².